The van der Waals surface area contributed by atoms with Crippen molar-refractivity contribution in [2.45, 2.75) is 33.1 Å². The maximum absolute atomic E-state index is 5.93. The largest absolute Gasteiger partial charge is 0.490 e. The van der Waals surface area contributed by atoms with E-state index in [9.17, 15) is 0 Å². The number of rotatable bonds is 10. The minimum absolute atomic E-state index is 0.273. The first kappa shape index (κ1) is 17.8. The van der Waals surface area contributed by atoms with Gasteiger partial charge in [0.1, 0.15) is 0 Å². The van der Waals surface area contributed by atoms with Gasteiger partial charge in [0, 0.05) is 10.7 Å². The SMILES string of the molecule is CCCC(CBr)(CBr)CCOc1ccccc1OCC. The van der Waals surface area contributed by atoms with Crippen LogP contribution in [0, 0.1) is 5.41 Å². The molecular formula is C16H24Br2O2. The van der Waals surface area contributed by atoms with Crippen LogP contribution in [-0.4, -0.2) is 23.9 Å². The van der Waals surface area contributed by atoms with Gasteiger partial charge >= 0.3 is 0 Å². The number of para-hydroxylation sites is 2. The third kappa shape index (κ3) is 5.28. The lowest BCUT2D eigenvalue weighted by Crippen LogP contribution is -2.27. The summed E-state index contributed by atoms with van der Waals surface area (Å²) in [6, 6.07) is 7.87. The number of hydrogen-bond acceptors (Lipinski definition) is 2. The second-order valence-electron chi connectivity index (χ2n) is 5.00. The van der Waals surface area contributed by atoms with E-state index in [-0.39, 0.29) is 5.41 Å². The van der Waals surface area contributed by atoms with Crippen molar-refractivity contribution in [3.05, 3.63) is 24.3 Å². The van der Waals surface area contributed by atoms with Crippen LogP contribution in [0.3, 0.4) is 0 Å². The Morgan fingerprint density at radius 1 is 0.950 bits per heavy atom. The smallest absolute Gasteiger partial charge is 0.161 e. The Kier molecular flexibility index (Phi) is 8.62. The topological polar surface area (TPSA) is 18.5 Å². The Bertz CT molecular complexity index is 378. The average Bonchev–Trinajstić information content (AvgIpc) is 2.48. The van der Waals surface area contributed by atoms with Gasteiger partial charge in [0.05, 0.1) is 13.2 Å². The summed E-state index contributed by atoms with van der Waals surface area (Å²) in [6.07, 6.45) is 3.41. The zero-order chi connectivity index (χ0) is 14.8. The molecule has 0 aliphatic carbocycles. The van der Waals surface area contributed by atoms with Crippen molar-refractivity contribution in [2.24, 2.45) is 5.41 Å². The highest BCUT2D eigenvalue weighted by atomic mass is 79.9. The van der Waals surface area contributed by atoms with Gasteiger partial charge in [-0.25, -0.2) is 0 Å². The van der Waals surface area contributed by atoms with Crippen molar-refractivity contribution in [3.8, 4) is 11.5 Å². The van der Waals surface area contributed by atoms with E-state index < -0.39 is 0 Å². The van der Waals surface area contributed by atoms with E-state index in [0.29, 0.717) is 13.2 Å². The predicted octanol–water partition coefficient (Wildman–Crippen LogP) is 5.43. The van der Waals surface area contributed by atoms with Crippen LogP contribution in [-0.2, 0) is 0 Å². The second kappa shape index (κ2) is 9.67. The van der Waals surface area contributed by atoms with E-state index in [1.807, 2.05) is 31.2 Å². The van der Waals surface area contributed by atoms with E-state index in [0.717, 1.165) is 28.6 Å². The van der Waals surface area contributed by atoms with Crippen LogP contribution >= 0.6 is 31.9 Å². The summed E-state index contributed by atoms with van der Waals surface area (Å²) < 4.78 is 11.5. The molecule has 0 amide bonds. The van der Waals surface area contributed by atoms with Gasteiger partial charge in [0.15, 0.2) is 11.5 Å². The average molecular weight is 408 g/mol. The van der Waals surface area contributed by atoms with E-state index >= 15 is 0 Å². The molecule has 0 fully saturated rings. The first-order valence-corrected chi connectivity index (χ1v) is 9.42. The zero-order valence-corrected chi connectivity index (χ0v) is 15.5. The molecule has 0 aliphatic rings. The summed E-state index contributed by atoms with van der Waals surface area (Å²) >= 11 is 7.30. The van der Waals surface area contributed by atoms with Crippen LogP contribution in [0.4, 0.5) is 0 Å². The highest BCUT2D eigenvalue weighted by Gasteiger charge is 2.26. The molecule has 0 bridgehead atoms. The second-order valence-corrected chi connectivity index (χ2v) is 6.12. The standard InChI is InChI=1S/C16H24Br2O2/c1-3-9-16(12-17,13-18)10-11-20-15-8-6-5-7-14(15)19-4-2/h5-8H,3-4,9-13H2,1-2H3. The van der Waals surface area contributed by atoms with Crippen LogP contribution in [0.15, 0.2) is 24.3 Å². The molecule has 4 heteroatoms. The van der Waals surface area contributed by atoms with E-state index in [1.54, 1.807) is 0 Å². The van der Waals surface area contributed by atoms with E-state index in [1.165, 1.54) is 12.8 Å². The molecule has 0 aliphatic heterocycles. The summed E-state index contributed by atoms with van der Waals surface area (Å²) in [6.45, 7) is 5.58. The van der Waals surface area contributed by atoms with Gasteiger partial charge in [-0.3, -0.25) is 0 Å². The molecule has 1 aromatic rings. The van der Waals surface area contributed by atoms with Crippen molar-refractivity contribution in [1.82, 2.24) is 0 Å². The molecule has 114 valence electrons. The summed E-state index contributed by atoms with van der Waals surface area (Å²) in [5.41, 5.74) is 0.273. The van der Waals surface area contributed by atoms with Crippen molar-refractivity contribution in [2.75, 3.05) is 23.9 Å². The molecule has 1 aromatic carbocycles. The molecule has 0 saturated heterocycles. The summed E-state index contributed by atoms with van der Waals surface area (Å²) in [5, 5.41) is 1.99. The Morgan fingerprint density at radius 2 is 1.55 bits per heavy atom. The lowest BCUT2D eigenvalue weighted by Gasteiger charge is -2.29. The first-order valence-electron chi connectivity index (χ1n) is 7.18. The van der Waals surface area contributed by atoms with Crippen LogP contribution in [0.1, 0.15) is 33.1 Å². The molecule has 0 heterocycles. The fraction of sp³-hybridized carbons (Fsp3) is 0.625. The molecule has 0 unspecified atom stereocenters. The summed E-state index contributed by atoms with van der Waals surface area (Å²) in [7, 11) is 0. The van der Waals surface area contributed by atoms with Gasteiger partial charge in [0.2, 0.25) is 0 Å². The minimum atomic E-state index is 0.273. The van der Waals surface area contributed by atoms with Crippen LogP contribution < -0.4 is 9.47 Å². The lowest BCUT2D eigenvalue weighted by atomic mass is 9.85. The van der Waals surface area contributed by atoms with Crippen LogP contribution in [0.5, 0.6) is 11.5 Å². The zero-order valence-electron chi connectivity index (χ0n) is 12.3. The number of benzene rings is 1. The third-order valence-electron chi connectivity index (χ3n) is 3.39. The maximum atomic E-state index is 5.93. The molecule has 0 radical (unpaired) electrons. The molecule has 0 saturated carbocycles. The van der Waals surface area contributed by atoms with Crippen LogP contribution in [0.25, 0.3) is 0 Å². The van der Waals surface area contributed by atoms with Crippen molar-refractivity contribution >= 4 is 31.9 Å². The molecule has 1 rings (SSSR count). The minimum Gasteiger partial charge on any atom is -0.490 e. The van der Waals surface area contributed by atoms with Gasteiger partial charge in [-0.05, 0) is 37.3 Å². The lowest BCUT2D eigenvalue weighted by molar-refractivity contribution is 0.216. The van der Waals surface area contributed by atoms with E-state index in [4.69, 9.17) is 9.47 Å². The number of hydrogen-bond donors (Lipinski definition) is 0. The third-order valence-corrected chi connectivity index (χ3v) is 5.77. The van der Waals surface area contributed by atoms with Crippen molar-refractivity contribution < 1.29 is 9.47 Å². The van der Waals surface area contributed by atoms with Gasteiger partial charge in [-0.1, -0.05) is 57.3 Å². The Balaban J connectivity index is 2.58. The fourth-order valence-electron chi connectivity index (χ4n) is 2.18. The summed E-state index contributed by atoms with van der Waals surface area (Å²) in [4.78, 5) is 0. The molecular weight excluding hydrogens is 384 g/mol. The Labute approximate surface area is 139 Å². The molecule has 0 N–H and O–H groups in total. The molecule has 2 nitrogen and oxygen atoms in total. The Hall–Kier alpha value is -0.220. The number of alkyl halides is 2. The highest BCUT2D eigenvalue weighted by Crippen LogP contribution is 2.34. The maximum Gasteiger partial charge on any atom is 0.161 e. The summed E-state index contributed by atoms with van der Waals surface area (Å²) in [5.74, 6) is 1.66. The van der Waals surface area contributed by atoms with Crippen molar-refractivity contribution in [1.29, 1.82) is 0 Å². The fourth-order valence-corrected chi connectivity index (χ4v) is 4.23. The van der Waals surface area contributed by atoms with Crippen molar-refractivity contribution in [3.63, 3.8) is 0 Å². The Morgan fingerprint density at radius 3 is 2.05 bits per heavy atom. The quantitative estimate of drug-likeness (QED) is 0.481. The number of ether oxygens (including phenoxy) is 2. The normalized spacial score (nSPS) is 11.4. The molecule has 0 spiro atoms. The van der Waals surface area contributed by atoms with Gasteiger partial charge in [-0.2, -0.15) is 0 Å². The molecule has 0 atom stereocenters. The van der Waals surface area contributed by atoms with Gasteiger partial charge < -0.3 is 9.47 Å². The highest BCUT2D eigenvalue weighted by molar-refractivity contribution is 9.09. The molecule has 0 aromatic heterocycles. The van der Waals surface area contributed by atoms with E-state index in [2.05, 4.69) is 38.8 Å². The monoisotopic (exact) mass is 406 g/mol. The molecule has 20 heavy (non-hydrogen) atoms. The van der Waals surface area contributed by atoms with Gasteiger partial charge in [-0.15, -0.1) is 0 Å². The predicted molar refractivity (Wildman–Crippen MR) is 92.7 cm³/mol. The first-order chi connectivity index (χ1) is 9.71. The van der Waals surface area contributed by atoms with Gasteiger partial charge in [0.25, 0.3) is 0 Å². The number of halogens is 2. The van der Waals surface area contributed by atoms with Crippen LogP contribution in [0.2, 0.25) is 0 Å².